The second-order valence-corrected chi connectivity index (χ2v) is 8.82. The fourth-order valence-corrected chi connectivity index (χ4v) is 3.94. The Morgan fingerprint density at radius 1 is 1.03 bits per heavy atom. The highest BCUT2D eigenvalue weighted by atomic mass is 16.5. The second-order valence-electron chi connectivity index (χ2n) is 8.82. The highest BCUT2D eigenvalue weighted by molar-refractivity contribution is 6.21. The van der Waals surface area contributed by atoms with Gasteiger partial charge in [0.25, 0.3) is 11.8 Å². The van der Waals surface area contributed by atoms with E-state index in [4.69, 9.17) is 9.72 Å². The summed E-state index contributed by atoms with van der Waals surface area (Å²) in [5, 5.41) is 5.07. The van der Waals surface area contributed by atoms with Crippen molar-refractivity contribution in [3.8, 4) is 0 Å². The Morgan fingerprint density at radius 2 is 1.70 bits per heavy atom. The molecule has 2 aromatic heterocycles. The first-order valence-electron chi connectivity index (χ1n) is 11.3. The molecule has 0 aliphatic carbocycles. The number of nitrogens with zero attached hydrogens (tertiary/aromatic N) is 4. The number of amides is 2. The Bertz CT molecular complexity index is 1190. The molecule has 0 radical (unpaired) electrons. The third-order valence-electron chi connectivity index (χ3n) is 5.77. The van der Waals surface area contributed by atoms with E-state index in [1.54, 1.807) is 41.2 Å². The van der Waals surface area contributed by atoms with Crippen molar-refractivity contribution in [3.05, 3.63) is 58.9 Å². The first-order valence-corrected chi connectivity index (χ1v) is 11.3. The van der Waals surface area contributed by atoms with E-state index in [9.17, 15) is 14.4 Å². The van der Waals surface area contributed by atoms with Crippen LogP contribution in [0.2, 0.25) is 0 Å². The number of hydrogen-bond donors (Lipinski definition) is 0. The molecule has 172 valence electrons. The summed E-state index contributed by atoms with van der Waals surface area (Å²) >= 11 is 0. The Kier molecular flexibility index (Phi) is 6.26. The van der Waals surface area contributed by atoms with E-state index < -0.39 is 5.97 Å². The number of fused-ring (bicyclic) bond motifs is 2. The smallest absolute Gasteiger partial charge is 0.339 e. The molecule has 0 atom stereocenters. The predicted molar refractivity (Wildman–Crippen MR) is 123 cm³/mol. The number of carbonyl (C=O) groups excluding carboxylic acids is 3. The zero-order chi connectivity index (χ0) is 23.7. The van der Waals surface area contributed by atoms with Crippen molar-refractivity contribution < 1.29 is 19.1 Å². The number of benzene rings is 1. The molecule has 0 spiro atoms. The van der Waals surface area contributed by atoms with Crippen molar-refractivity contribution in [2.45, 2.75) is 52.5 Å². The summed E-state index contributed by atoms with van der Waals surface area (Å²) in [6.45, 7) is 8.57. The molecule has 0 unspecified atom stereocenters. The van der Waals surface area contributed by atoms with Crippen LogP contribution in [-0.2, 0) is 4.74 Å². The van der Waals surface area contributed by atoms with E-state index in [0.29, 0.717) is 47.1 Å². The van der Waals surface area contributed by atoms with Crippen LogP contribution in [0.4, 0.5) is 0 Å². The van der Waals surface area contributed by atoms with Crippen molar-refractivity contribution in [1.82, 2.24) is 19.7 Å². The van der Waals surface area contributed by atoms with Crippen molar-refractivity contribution in [2.75, 3.05) is 13.2 Å². The third kappa shape index (κ3) is 4.25. The molecular formula is C25H28N4O4. The van der Waals surface area contributed by atoms with Gasteiger partial charge in [-0.05, 0) is 50.8 Å². The van der Waals surface area contributed by atoms with Crippen molar-refractivity contribution in [1.29, 1.82) is 0 Å². The molecule has 2 amide bonds. The van der Waals surface area contributed by atoms with Gasteiger partial charge in [-0.2, -0.15) is 5.10 Å². The molecule has 33 heavy (non-hydrogen) atoms. The van der Waals surface area contributed by atoms with Crippen molar-refractivity contribution in [3.63, 3.8) is 0 Å². The monoisotopic (exact) mass is 448 g/mol. The van der Waals surface area contributed by atoms with Crippen molar-refractivity contribution >= 4 is 28.8 Å². The van der Waals surface area contributed by atoms with Crippen LogP contribution in [0.1, 0.15) is 89.3 Å². The molecule has 4 rings (SSSR count). The van der Waals surface area contributed by atoms with Gasteiger partial charge >= 0.3 is 5.97 Å². The summed E-state index contributed by atoms with van der Waals surface area (Å²) in [5.74, 6) is -0.810. The number of esters is 1. The van der Waals surface area contributed by atoms with Crippen LogP contribution in [0.25, 0.3) is 11.0 Å². The molecule has 0 saturated heterocycles. The quantitative estimate of drug-likeness (QED) is 0.289. The number of aromatic nitrogens is 3. The molecule has 1 aliphatic rings. The van der Waals surface area contributed by atoms with Crippen LogP contribution in [0, 0.1) is 0 Å². The van der Waals surface area contributed by atoms with Crippen molar-refractivity contribution in [2.24, 2.45) is 0 Å². The molecule has 8 nitrogen and oxygen atoms in total. The van der Waals surface area contributed by atoms with Crippen LogP contribution >= 0.6 is 0 Å². The molecule has 0 N–H and O–H groups in total. The molecule has 1 aromatic carbocycles. The normalized spacial score (nSPS) is 13.5. The number of imide groups is 1. The number of pyridine rings is 1. The lowest BCUT2D eigenvalue weighted by Gasteiger charge is -2.14. The maximum absolute atomic E-state index is 12.9. The summed E-state index contributed by atoms with van der Waals surface area (Å²) in [7, 11) is 0. The Morgan fingerprint density at radius 3 is 2.30 bits per heavy atom. The lowest BCUT2D eigenvalue weighted by Crippen LogP contribution is -2.30. The number of hydrogen-bond acceptors (Lipinski definition) is 6. The molecule has 0 fully saturated rings. The average molecular weight is 449 g/mol. The second kappa shape index (κ2) is 9.13. The Hall–Kier alpha value is -3.55. The summed E-state index contributed by atoms with van der Waals surface area (Å²) in [6.07, 6.45) is 2.74. The first kappa shape index (κ1) is 22.6. The highest BCUT2D eigenvalue weighted by Crippen LogP contribution is 2.25. The first-order chi connectivity index (χ1) is 15.8. The maximum atomic E-state index is 12.9. The standard InChI is InChI=1S/C25H28N4O4/c1-15(2)21-13-19(20-14-26-29(16(3)4)22(20)27-21)25(32)33-12-8-7-11-28-23(30)17-9-5-6-10-18(17)24(28)31/h5-6,9-10,13-16H,7-8,11-12H2,1-4H3. The average Bonchev–Trinajstić information content (AvgIpc) is 3.33. The minimum absolute atomic E-state index is 0.114. The zero-order valence-electron chi connectivity index (χ0n) is 19.4. The third-order valence-corrected chi connectivity index (χ3v) is 5.77. The molecule has 1 aliphatic heterocycles. The molecule has 0 saturated carbocycles. The molecule has 0 bridgehead atoms. The summed E-state index contributed by atoms with van der Waals surface area (Å²) in [5.41, 5.74) is 2.82. The fraction of sp³-hybridized carbons (Fsp3) is 0.400. The maximum Gasteiger partial charge on any atom is 0.339 e. The predicted octanol–water partition coefficient (Wildman–Crippen LogP) is 4.37. The van der Waals surface area contributed by atoms with Crippen LogP contribution < -0.4 is 0 Å². The topological polar surface area (TPSA) is 94.4 Å². The number of rotatable bonds is 8. The van der Waals surface area contributed by atoms with Crippen LogP contribution in [0.3, 0.4) is 0 Å². The van der Waals surface area contributed by atoms with Gasteiger partial charge in [-0.1, -0.05) is 26.0 Å². The highest BCUT2D eigenvalue weighted by Gasteiger charge is 2.34. The molecule has 8 heteroatoms. The fourth-order valence-electron chi connectivity index (χ4n) is 3.94. The van der Waals surface area contributed by atoms with Gasteiger partial charge in [0.15, 0.2) is 5.65 Å². The number of unbranched alkanes of at least 4 members (excludes halogenated alkanes) is 1. The SMILES string of the molecule is CC(C)c1cc(C(=O)OCCCCN2C(=O)c3ccccc3C2=O)c2cnn(C(C)C)c2n1. The Labute approximate surface area is 192 Å². The minimum Gasteiger partial charge on any atom is -0.462 e. The van der Waals surface area contributed by atoms with Crippen LogP contribution in [0.5, 0.6) is 0 Å². The van der Waals surface area contributed by atoms with E-state index in [2.05, 4.69) is 5.10 Å². The lowest BCUT2D eigenvalue weighted by atomic mass is 10.1. The Balaban J connectivity index is 1.38. The van der Waals surface area contributed by atoms with E-state index in [1.807, 2.05) is 27.7 Å². The van der Waals surface area contributed by atoms with E-state index in [1.165, 1.54) is 4.90 Å². The summed E-state index contributed by atoms with van der Waals surface area (Å²) in [6, 6.07) is 8.72. The van der Waals surface area contributed by atoms with Crippen LogP contribution in [0.15, 0.2) is 36.5 Å². The van der Waals surface area contributed by atoms with Gasteiger partial charge in [-0.15, -0.1) is 0 Å². The van der Waals surface area contributed by atoms with Crippen LogP contribution in [-0.4, -0.2) is 50.6 Å². The zero-order valence-corrected chi connectivity index (χ0v) is 19.4. The number of ether oxygens (including phenoxy) is 1. The van der Waals surface area contributed by atoms with Gasteiger partial charge < -0.3 is 4.74 Å². The van der Waals surface area contributed by atoms with Gasteiger partial charge in [0.1, 0.15) is 0 Å². The van der Waals surface area contributed by atoms with Gasteiger partial charge in [0.05, 0.1) is 34.9 Å². The summed E-state index contributed by atoms with van der Waals surface area (Å²) in [4.78, 5) is 43.7. The number of carbonyl (C=O) groups is 3. The minimum atomic E-state index is -0.423. The largest absolute Gasteiger partial charge is 0.462 e. The molecule has 3 aromatic rings. The van der Waals surface area contributed by atoms with Gasteiger partial charge in [0, 0.05) is 18.3 Å². The summed E-state index contributed by atoms with van der Waals surface area (Å²) < 4.78 is 7.33. The van der Waals surface area contributed by atoms with Gasteiger partial charge in [-0.3, -0.25) is 14.5 Å². The lowest BCUT2D eigenvalue weighted by molar-refractivity contribution is 0.0487. The van der Waals surface area contributed by atoms with Gasteiger partial charge in [-0.25, -0.2) is 14.5 Å². The van der Waals surface area contributed by atoms with E-state index in [0.717, 1.165) is 5.69 Å². The van der Waals surface area contributed by atoms with E-state index >= 15 is 0 Å². The van der Waals surface area contributed by atoms with Gasteiger partial charge in [0.2, 0.25) is 0 Å². The molecule has 3 heterocycles. The molecular weight excluding hydrogens is 420 g/mol. The van der Waals surface area contributed by atoms with E-state index in [-0.39, 0.29) is 30.4 Å².